The molecule has 1 unspecified atom stereocenters. The van der Waals surface area contributed by atoms with Gasteiger partial charge in [0.25, 0.3) is 5.91 Å². The lowest BCUT2D eigenvalue weighted by atomic mass is 10.2. The fourth-order valence-electron chi connectivity index (χ4n) is 3.15. The van der Waals surface area contributed by atoms with Crippen molar-refractivity contribution < 1.29 is 9.32 Å². The van der Waals surface area contributed by atoms with Crippen LogP contribution in [0.1, 0.15) is 60.9 Å². The molecule has 27 heavy (non-hydrogen) atoms. The highest BCUT2D eigenvalue weighted by Crippen LogP contribution is 2.32. The molecular formula is C19H20N6O2. The average Bonchev–Trinajstić information content (AvgIpc) is 3.37. The predicted molar refractivity (Wildman–Crippen MR) is 96.7 cm³/mol. The summed E-state index contributed by atoms with van der Waals surface area (Å²) in [6, 6.07) is 6.91. The summed E-state index contributed by atoms with van der Waals surface area (Å²) in [6.45, 7) is 4.63. The maximum atomic E-state index is 13.0. The summed E-state index contributed by atoms with van der Waals surface area (Å²) in [5.74, 6) is 1.53. The van der Waals surface area contributed by atoms with E-state index in [1.54, 1.807) is 23.4 Å². The summed E-state index contributed by atoms with van der Waals surface area (Å²) in [6.07, 6.45) is 4.96. The molecular weight excluding hydrogens is 344 g/mol. The van der Waals surface area contributed by atoms with Crippen LogP contribution < -0.4 is 0 Å². The Kier molecular flexibility index (Phi) is 4.62. The zero-order chi connectivity index (χ0) is 18.8. The lowest BCUT2D eigenvalue weighted by molar-refractivity contribution is 0.0703. The van der Waals surface area contributed by atoms with E-state index in [9.17, 15) is 4.79 Å². The number of aromatic nitrogens is 5. The Bertz CT molecular complexity index is 940. The number of hydrogen-bond donors (Lipinski definition) is 0. The summed E-state index contributed by atoms with van der Waals surface area (Å²) in [5, 5.41) is 4.02. The van der Waals surface area contributed by atoms with Gasteiger partial charge in [0.15, 0.2) is 0 Å². The Morgan fingerprint density at radius 1 is 1.19 bits per heavy atom. The summed E-state index contributed by atoms with van der Waals surface area (Å²) in [5.41, 5.74) is 1.03. The minimum atomic E-state index is -0.250. The quantitative estimate of drug-likeness (QED) is 0.702. The highest BCUT2D eigenvalue weighted by atomic mass is 16.5. The second kappa shape index (κ2) is 7.22. The largest absolute Gasteiger partial charge is 0.337 e. The van der Waals surface area contributed by atoms with E-state index in [1.807, 2.05) is 32.0 Å². The van der Waals surface area contributed by atoms with E-state index in [0.29, 0.717) is 35.5 Å². The van der Waals surface area contributed by atoms with Gasteiger partial charge in [0.2, 0.25) is 11.7 Å². The lowest BCUT2D eigenvalue weighted by Gasteiger charge is -2.21. The number of nitrogens with zero attached hydrogens (tertiary/aromatic N) is 6. The predicted octanol–water partition coefficient (Wildman–Crippen LogP) is 3.02. The zero-order valence-electron chi connectivity index (χ0n) is 15.2. The van der Waals surface area contributed by atoms with Crippen LogP contribution in [0.5, 0.6) is 0 Å². The van der Waals surface area contributed by atoms with Crippen LogP contribution >= 0.6 is 0 Å². The Balaban J connectivity index is 1.58. The molecule has 0 aliphatic carbocycles. The molecule has 3 aromatic heterocycles. The topological polar surface area (TPSA) is 97.9 Å². The van der Waals surface area contributed by atoms with E-state index in [4.69, 9.17) is 4.52 Å². The van der Waals surface area contributed by atoms with Gasteiger partial charge in [-0.15, -0.1) is 0 Å². The van der Waals surface area contributed by atoms with Crippen LogP contribution in [0.3, 0.4) is 0 Å². The van der Waals surface area contributed by atoms with Gasteiger partial charge < -0.3 is 9.42 Å². The molecule has 1 amide bonds. The maximum Gasteiger partial charge on any atom is 0.273 e. The van der Waals surface area contributed by atoms with Crippen molar-refractivity contribution in [3.05, 3.63) is 54.1 Å². The number of amides is 1. The first-order valence-electron chi connectivity index (χ1n) is 9.02. The van der Waals surface area contributed by atoms with E-state index < -0.39 is 0 Å². The molecule has 1 aliphatic heterocycles. The average molecular weight is 364 g/mol. The van der Waals surface area contributed by atoms with Crippen molar-refractivity contribution in [2.24, 2.45) is 0 Å². The molecule has 8 nitrogen and oxygen atoms in total. The first-order chi connectivity index (χ1) is 13.1. The molecule has 1 fully saturated rings. The van der Waals surface area contributed by atoms with Crippen molar-refractivity contribution >= 4 is 5.91 Å². The van der Waals surface area contributed by atoms with Gasteiger partial charge in [-0.2, -0.15) is 4.98 Å². The van der Waals surface area contributed by atoms with Gasteiger partial charge in [-0.05, 0) is 31.0 Å². The van der Waals surface area contributed by atoms with Gasteiger partial charge in [0, 0.05) is 24.9 Å². The minimum absolute atomic E-state index is 0.139. The van der Waals surface area contributed by atoms with Crippen molar-refractivity contribution in [1.29, 1.82) is 0 Å². The fraction of sp³-hybridized carbons (Fsp3) is 0.368. The SMILES string of the molecule is CC(C)c1nccc(C(=O)N2CCCC2c2nc(-c3ccccn3)no2)n1. The third-order valence-corrected chi connectivity index (χ3v) is 4.54. The van der Waals surface area contributed by atoms with Crippen LogP contribution in [0.15, 0.2) is 41.2 Å². The van der Waals surface area contributed by atoms with Gasteiger partial charge in [-0.3, -0.25) is 9.78 Å². The number of carbonyl (C=O) groups excluding carboxylic acids is 1. The highest BCUT2D eigenvalue weighted by molar-refractivity contribution is 5.92. The van der Waals surface area contributed by atoms with Crippen LogP contribution in [0.25, 0.3) is 11.5 Å². The van der Waals surface area contributed by atoms with Crippen molar-refractivity contribution in [2.75, 3.05) is 6.54 Å². The number of hydrogen-bond acceptors (Lipinski definition) is 7. The van der Waals surface area contributed by atoms with E-state index in [0.717, 1.165) is 12.8 Å². The van der Waals surface area contributed by atoms with Gasteiger partial charge in [-0.25, -0.2) is 9.97 Å². The fourth-order valence-corrected chi connectivity index (χ4v) is 3.15. The van der Waals surface area contributed by atoms with E-state index >= 15 is 0 Å². The molecule has 1 saturated heterocycles. The molecule has 0 spiro atoms. The Hall–Kier alpha value is -3.16. The summed E-state index contributed by atoms with van der Waals surface area (Å²) in [4.78, 5) is 32.1. The minimum Gasteiger partial charge on any atom is -0.337 e. The molecule has 0 N–H and O–H groups in total. The Morgan fingerprint density at radius 3 is 2.85 bits per heavy atom. The van der Waals surface area contributed by atoms with Crippen LogP contribution in [0.2, 0.25) is 0 Å². The molecule has 1 atom stereocenters. The van der Waals surface area contributed by atoms with Gasteiger partial charge >= 0.3 is 0 Å². The van der Waals surface area contributed by atoms with E-state index in [-0.39, 0.29) is 17.9 Å². The van der Waals surface area contributed by atoms with E-state index in [2.05, 4.69) is 25.1 Å². The molecule has 0 saturated carbocycles. The van der Waals surface area contributed by atoms with Crippen molar-refractivity contribution in [3.8, 4) is 11.5 Å². The first kappa shape index (κ1) is 17.3. The molecule has 4 heterocycles. The van der Waals surface area contributed by atoms with Crippen molar-refractivity contribution in [2.45, 2.75) is 38.6 Å². The van der Waals surface area contributed by atoms with Crippen LogP contribution in [-0.4, -0.2) is 42.4 Å². The van der Waals surface area contributed by atoms with Gasteiger partial charge in [-0.1, -0.05) is 25.1 Å². The van der Waals surface area contributed by atoms with Gasteiger partial charge in [0.05, 0.1) is 0 Å². The lowest BCUT2D eigenvalue weighted by Crippen LogP contribution is -2.31. The molecule has 3 aromatic rings. The normalized spacial score (nSPS) is 16.9. The molecule has 1 aliphatic rings. The number of rotatable bonds is 4. The van der Waals surface area contributed by atoms with Crippen LogP contribution in [0.4, 0.5) is 0 Å². The monoisotopic (exact) mass is 364 g/mol. The van der Waals surface area contributed by atoms with Crippen molar-refractivity contribution in [1.82, 2.24) is 30.0 Å². The molecule has 138 valence electrons. The molecule has 8 heteroatoms. The molecule has 0 bridgehead atoms. The van der Waals surface area contributed by atoms with E-state index in [1.165, 1.54) is 0 Å². The number of pyridine rings is 1. The van der Waals surface area contributed by atoms with Crippen LogP contribution in [0, 0.1) is 0 Å². The first-order valence-corrected chi connectivity index (χ1v) is 9.02. The molecule has 0 aromatic carbocycles. The Labute approximate surface area is 156 Å². The maximum absolute atomic E-state index is 13.0. The van der Waals surface area contributed by atoms with Crippen LogP contribution in [-0.2, 0) is 0 Å². The standard InChI is InChI=1S/C19H20N6O2/c1-12(2)16-21-10-8-14(22-16)19(26)25-11-5-7-15(25)18-23-17(24-27-18)13-6-3-4-9-20-13/h3-4,6,8-10,12,15H,5,7,11H2,1-2H3. The summed E-state index contributed by atoms with van der Waals surface area (Å²) in [7, 11) is 0. The Morgan fingerprint density at radius 2 is 2.07 bits per heavy atom. The second-order valence-corrected chi connectivity index (χ2v) is 6.78. The van der Waals surface area contributed by atoms with Gasteiger partial charge in [0.1, 0.15) is 23.3 Å². The summed E-state index contributed by atoms with van der Waals surface area (Å²) < 4.78 is 5.45. The smallest absolute Gasteiger partial charge is 0.273 e. The highest BCUT2D eigenvalue weighted by Gasteiger charge is 2.35. The second-order valence-electron chi connectivity index (χ2n) is 6.78. The van der Waals surface area contributed by atoms with Crippen molar-refractivity contribution in [3.63, 3.8) is 0 Å². The number of carbonyl (C=O) groups is 1. The summed E-state index contributed by atoms with van der Waals surface area (Å²) >= 11 is 0. The molecule has 0 radical (unpaired) electrons. The zero-order valence-corrected chi connectivity index (χ0v) is 15.2. The third kappa shape index (κ3) is 3.42. The molecule has 4 rings (SSSR count). The third-order valence-electron chi connectivity index (χ3n) is 4.54. The number of likely N-dealkylation sites (tertiary alicyclic amines) is 1.